The number of carbonyl (C=O) groups excluding carboxylic acids is 1. The summed E-state index contributed by atoms with van der Waals surface area (Å²) in [4.78, 5) is 14.7. The van der Waals surface area contributed by atoms with E-state index in [4.69, 9.17) is 5.73 Å². The highest BCUT2D eigenvalue weighted by Gasteiger charge is 2.36. The van der Waals surface area contributed by atoms with Gasteiger partial charge in [-0.15, -0.1) is 0 Å². The van der Waals surface area contributed by atoms with Crippen LogP contribution < -0.4 is 5.73 Å². The van der Waals surface area contributed by atoms with Crippen LogP contribution in [-0.4, -0.2) is 29.9 Å². The molecule has 0 aromatic heterocycles. The third kappa shape index (κ3) is 3.47. The van der Waals surface area contributed by atoms with Crippen molar-refractivity contribution in [2.75, 3.05) is 13.1 Å². The van der Waals surface area contributed by atoms with E-state index in [2.05, 4.69) is 11.8 Å². The highest BCUT2D eigenvalue weighted by molar-refractivity contribution is 5.79. The lowest BCUT2D eigenvalue weighted by atomic mass is 9.88. The van der Waals surface area contributed by atoms with E-state index in [1.54, 1.807) is 0 Å². The highest BCUT2D eigenvalue weighted by Crippen LogP contribution is 2.32. The summed E-state index contributed by atoms with van der Waals surface area (Å²) in [5, 5.41) is 0. The molecule has 0 radical (unpaired) electrons. The molecule has 3 nitrogen and oxygen atoms in total. The quantitative estimate of drug-likeness (QED) is 0.789. The van der Waals surface area contributed by atoms with Crippen LogP contribution in [0.4, 0.5) is 0 Å². The first-order chi connectivity index (χ1) is 8.76. The van der Waals surface area contributed by atoms with E-state index in [1.807, 2.05) is 0 Å². The number of nitrogens with two attached hydrogens (primary N) is 1. The second-order valence-electron chi connectivity index (χ2n) is 6.07. The van der Waals surface area contributed by atoms with Gasteiger partial charge in [0.1, 0.15) is 0 Å². The minimum Gasteiger partial charge on any atom is -0.339 e. The van der Waals surface area contributed by atoms with Crippen LogP contribution in [0.1, 0.15) is 58.3 Å². The van der Waals surface area contributed by atoms with Gasteiger partial charge >= 0.3 is 0 Å². The number of nitrogens with zero attached hydrogens (tertiary/aromatic N) is 1. The van der Waals surface area contributed by atoms with Crippen molar-refractivity contribution in [1.29, 1.82) is 0 Å². The molecule has 18 heavy (non-hydrogen) atoms. The van der Waals surface area contributed by atoms with Crippen LogP contribution >= 0.6 is 0 Å². The Balaban J connectivity index is 1.92. The SMILES string of the molecule is CCC(CN)C(=O)N(CC1CCCCC1)C1CC1. The molecule has 2 saturated carbocycles. The summed E-state index contributed by atoms with van der Waals surface area (Å²) in [6.07, 6.45) is 10.0. The van der Waals surface area contributed by atoms with Crippen LogP contribution in [0.25, 0.3) is 0 Å². The fourth-order valence-electron chi connectivity index (χ4n) is 3.13. The standard InChI is InChI=1S/C15H28N2O/c1-2-13(10-16)15(18)17(14-8-9-14)11-12-6-4-3-5-7-12/h12-14H,2-11,16H2,1H3. The number of carbonyl (C=O) groups is 1. The van der Waals surface area contributed by atoms with Crippen molar-refractivity contribution in [3.63, 3.8) is 0 Å². The van der Waals surface area contributed by atoms with Crippen molar-refractivity contribution in [2.45, 2.75) is 64.3 Å². The summed E-state index contributed by atoms with van der Waals surface area (Å²) in [5.74, 6) is 1.13. The van der Waals surface area contributed by atoms with Crippen molar-refractivity contribution in [3.8, 4) is 0 Å². The Hall–Kier alpha value is -0.570. The molecule has 2 rings (SSSR count). The maximum Gasteiger partial charge on any atom is 0.227 e. The van der Waals surface area contributed by atoms with E-state index in [-0.39, 0.29) is 5.92 Å². The third-order valence-electron chi connectivity index (χ3n) is 4.58. The predicted octanol–water partition coefficient (Wildman–Crippen LogP) is 2.54. The van der Waals surface area contributed by atoms with Gasteiger partial charge in [0, 0.05) is 19.1 Å². The molecule has 2 aliphatic carbocycles. The molecule has 104 valence electrons. The van der Waals surface area contributed by atoms with Crippen molar-refractivity contribution in [3.05, 3.63) is 0 Å². The van der Waals surface area contributed by atoms with Crippen LogP contribution in [-0.2, 0) is 4.79 Å². The van der Waals surface area contributed by atoms with Gasteiger partial charge in [-0.05, 0) is 38.0 Å². The van der Waals surface area contributed by atoms with Gasteiger partial charge in [-0.1, -0.05) is 26.2 Å². The minimum atomic E-state index is 0.0502. The van der Waals surface area contributed by atoms with Crippen LogP contribution in [0.15, 0.2) is 0 Å². The van der Waals surface area contributed by atoms with Crippen molar-refractivity contribution in [1.82, 2.24) is 4.90 Å². The maximum atomic E-state index is 12.5. The van der Waals surface area contributed by atoms with Crippen molar-refractivity contribution >= 4 is 5.91 Å². The van der Waals surface area contributed by atoms with Gasteiger partial charge in [-0.2, -0.15) is 0 Å². The molecule has 2 aliphatic rings. The zero-order valence-corrected chi connectivity index (χ0v) is 11.7. The summed E-state index contributed by atoms with van der Waals surface area (Å²) >= 11 is 0. The molecule has 0 spiro atoms. The van der Waals surface area contributed by atoms with Gasteiger partial charge in [0.2, 0.25) is 5.91 Å². The molecule has 0 aromatic carbocycles. The molecule has 0 heterocycles. The highest BCUT2D eigenvalue weighted by atomic mass is 16.2. The zero-order chi connectivity index (χ0) is 13.0. The Morgan fingerprint density at radius 1 is 1.22 bits per heavy atom. The summed E-state index contributed by atoms with van der Waals surface area (Å²) < 4.78 is 0. The lowest BCUT2D eigenvalue weighted by Gasteiger charge is -2.32. The molecular formula is C15H28N2O. The van der Waals surface area contributed by atoms with Gasteiger partial charge in [0.15, 0.2) is 0 Å². The van der Waals surface area contributed by atoms with E-state index in [9.17, 15) is 4.79 Å². The topological polar surface area (TPSA) is 46.3 Å². The van der Waals surface area contributed by atoms with Crippen molar-refractivity contribution < 1.29 is 4.79 Å². The van der Waals surface area contributed by atoms with E-state index >= 15 is 0 Å². The van der Waals surface area contributed by atoms with E-state index in [1.165, 1.54) is 44.9 Å². The molecule has 1 atom stereocenters. The molecule has 1 unspecified atom stereocenters. The van der Waals surface area contributed by atoms with Gasteiger partial charge in [0.25, 0.3) is 0 Å². The smallest absolute Gasteiger partial charge is 0.227 e. The van der Waals surface area contributed by atoms with E-state index in [0.29, 0.717) is 18.5 Å². The third-order valence-corrected chi connectivity index (χ3v) is 4.58. The normalized spacial score (nSPS) is 22.8. The summed E-state index contributed by atoms with van der Waals surface area (Å²) in [6, 6.07) is 0.542. The van der Waals surface area contributed by atoms with Crippen LogP contribution in [0.5, 0.6) is 0 Å². The lowest BCUT2D eigenvalue weighted by molar-refractivity contribution is -0.136. The lowest BCUT2D eigenvalue weighted by Crippen LogP contribution is -2.43. The molecular weight excluding hydrogens is 224 g/mol. The monoisotopic (exact) mass is 252 g/mol. The molecule has 3 heteroatoms. The number of hydrogen-bond acceptors (Lipinski definition) is 2. The summed E-state index contributed by atoms with van der Waals surface area (Å²) in [5.41, 5.74) is 5.73. The number of hydrogen-bond donors (Lipinski definition) is 1. The van der Waals surface area contributed by atoms with Crippen LogP contribution in [0.3, 0.4) is 0 Å². The largest absolute Gasteiger partial charge is 0.339 e. The molecule has 0 saturated heterocycles. The Bertz CT molecular complexity index is 266. The Morgan fingerprint density at radius 3 is 2.39 bits per heavy atom. The Morgan fingerprint density at radius 2 is 1.89 bits per heavy atom. The second-order valence-corrected chi connectivity index (χ2v) is 6.07. The van der Waals surface area contributed by atoms with Gasteiger partial charge in [-0.3, -0.25) is 4.79 Å². The molecule has 1 amide bonds. The average Bonchev–Trinajstić information content (AvgIpc) is 3.23. The van der Waals surface area contributed by atoms with E-state index in [0.717, 1.165) is 18.9 Å². The first-order valence-electron chi connectivity index (χ1n) is 7.76. The zero-order valence-electron chi connectivity index (χ0n) is 11.7. The van der Waals surface area contributed by atoms with Gasteiger partial charge in [-0.25, -0.2) is 0 Å². The summed E-state index contributed by atoms with van der Waals surface area (Å²) in [7, 11) is 0. The second kappa shape index (κ2) is 6.55. The predicted molar refractivity (Wildman–Crippen MR) is 74.1 cm³/mol. The molecule has 0 bridgehead atoms. The molecule has 2 N–H and O–H groups in total. The van der Waals surface area contributed by atoms with Gasteiger partial charge in [0.05, 0.1) is 5.92 Å². The molecule has 0 aliphatic heterocycles. The maximum absolute atomic E-state index is 12.5. The summed E-state index contributed by atoms with van der Waals surface area (Å²) in [6.45, 7) is 3.57. The van der Waals surface area contributed by atoms with Crippen LogP contribution in [0, 0.1) is 11.8 Å². The fourth-order valence-corrected chi connectivity index (χ4v) is 3.13. The molecule has 0 aromatic rings. The number of rotatable bonds is 6. The van der Waals surface area contributed by atoms with Gasteiger partial charge < -0.3 is 10.6 Å². The average molecular weight is 252 g/mol. The Kier molecular flexibility index (Phi) is 5.04. The first-order valence-corrected chi connectivity index (χ1v) is 7.76. The van der Waals surface area contributed by atoms with Crippen LogP contribution in [0.2, 0.25) is 0 Å². The Labute approximate surface area is 111 Å². The first kappa shape index (κ1) is 13.9. The fraction of sp³-hybridized carbons (Fsp3) is 0.933. The molecule has 2 fully saturated rings. The van der Waals surface area contributed by atoms with Crippen molar-refractivity contribution in [2.24, 2.45) is 17.6 Å². The van der Waals surface area contributed by atoms with E-state index < -0.39 is 0 Å². The number of amides is 1. The minimum absolute atomic E-state index is 0.0502.